The number of hydrogen-bond donors (Lipinski definition) is 2. The Morgan fingerprint density at radius 3 is 2.47 bits per heavy atom. The second-order valence-corrected chi connectivity index (χ2v) is 4.45. The Hall–Kier alpha value is -2.04. The van der Waals surface area contributed by atoms with Crippen molar-refractivity contribution >= 4 is 12.0 Å². The van der Waals surface area contributed by atoms with Crippen LogP contribution in [-0.2, 0) is 11.2 Å². The number of urea groups is 1. The molecule has 1 aromatic carbocycles. The quantitative estimate of drug-likeness (QED) is 0.822. The monoisotopic (exact) mass is 264 g/mol. The molecule has 104 valence electrons. The second-order valence-electron chi connectivity index (χ2n) is 4.45. The van der Waals surface area contributed by atoms with E-state index >= 15 is 0 Å². The molecule has 2 N–H and O–H groups in total. The van der Waals surface area contributed by atoms with E-state index in [1.165, 1.54) is 4.90 Å². The number of carbonyl (C=O) groups excluding carboxylic acids is 1. The molecule has 5 heteroatoms. The molecule has 19 heavy (non-hydrogen) atoms. The van der Waals surface area contributed by atoms with Gasteiger partial charge in [-0.25, -0.2) is 9.59 Å². The van der Waals surface area contributed by atoms with E-state index in [0.29, 0.717) is 6.54 Å². The highest BCUT2D eigenvalue weighted by atomic mass is 16.4. The minimum atomic E-state index is -1.03. The van der Waals surface area contributed by atoms with Gasteiger partial charge in [-0.05, 0) is 12.0 Å². The molecule has 0 fully saturated rings. The molecule has 0 aliphatic carbocycles. The summed E-state index contributed by atoms with van der Waals surface area (Å²) < 4.78 is 0. The Balaban J connectivity index is 2.64. The van der Waals surface area contributed by atoms with Gasteiger partial charge in [0, 0.05) is 20.0 Å². The van der Waals surface area contributed by atoms with Gasteiger partial charge in [0.1, 0.15) is 6.04 Å². The van der Waals surface area contributed by atoms with Gasteiger partial charge >= 0.3 is 12.0 Å². The zero-order valence-electron chi connectivity index (χ0n) is 11.3. The molecule has 1 aromatic rings. The highest BCUT2D eigenvalue weighted by molar-refractivity contribution is 5.82. The molecule has 0 aliphatic rings. The smallest absolute Gasteiger partial charge is 0.326 e. The Bertz CT molecular complexity index is 420. The van der Waals surface area contributed by atoms with Crippen LogP contribution in [0.15, 0.2) is 30.3 Å². The number of nitrogens with one attached hydrogen (secondary N) is 1. The third-order valence-electron chi connectivity index (χ3n) is 2.78. The molecule has 0 spiro atoms. The molecule has 0 radical (unpaired) electrons. The van der Waals surface area contributed by atoms with Crippen LogP contribution in [0, 0.1) is 0 Å². The van der Waals surface area contributed by atoms with Gasteiger partial charge in [0.15, 0.2) is 0 Å². The van der Waals surface area contributed by atoms with E-state index in [1.54, 1.807) is 7.05 Å². The summed E-state index contributed by atoms with van der Waals surface area (Å²) in [6.07, 6.45) is 1.11. The molecule has 0 saturated carbocycles. The van der Waals surface area contributed by atoms with Crippen molar-refractivity contribution in [3.63, 3.8) is 0 Å². The molecule has 0 unspecified atom stereocenters. The standard InChI is InChI=1S/C14H20N2O3/c1-3-9-16(2)14(19)15-12(13(17)18)10-11-7-5-4-6-8-11/h4-8,12H,3,9-10H2,1-2H3,(H,15,19)(H,17,18)/t12-/m0/s1. The highest BCUT2D eigenvalue weighted by Gasteiger charge is 2.21. The zero-order chi connectivity index (χ0) is 14.3. The number of benzene rings is 1. The molecule has 2 amide bonds. The Morgan fingerprint density at radius 2 is 1.95 bits per heavy atom. The van der Waals surface area contributed by atoms with E-state index < -0.39 is 12.0 Å². The third kappa shape index (κ3) is 4.99. The van der Waals surface area contributed by atoms with Crippen molar-refractivity contribution in [2.75, 3.05) is 13.6 Å². The van der Waals surface area contributed by atoms with Crippen LogP contribution < -0.4 is 5.32 Å². The first-order valence-corrected chi connectivity index (χ1v) is 6.33. The topological polar surface area (TPSA) is 69.6 Å². The average molecular weight is 264 g/mol. The molecule has 0 heterocycles. The molecule has 0 saturated heterocycles. The van der Waals surface area contributed by atoms with E-state index in [1.807, 2.05) is 37.3 Å². The van der Waals surface area contributed by atoms with Crippen molar-refractivity contribution < 1.29 is 14.7 Å². The van der Waals surface area contributed by atoms with Crippen LogP contribution in [0.3, 0.4) is 0 Å². The van der Waals surface area contributed by atoms with Crippen LogP contribution in [-0.4, -0.2) is 41.6 Å². The SMILES string of the molecule is CCCN(C)C(=O)N[C@@H](Cc1ccccc1)C(=O)O. The van der Waals surface area contributed by atoms with E-state index in [2.05, 4.69) is 5.32 Å². The summed E-state index contributed by atoms with van der Waals surface area (Å²) in [5, 5.41) is 11.7. The molecular formula is C14H20N2O3. The Kier molecular flexibility index (Phi) is 5.85. The molecule has 0 aromatic heterocycles. The number of carbonyl (C=O) groups is 2. The van der Waals surface area contributed by atoms with Crippen LogP contribution in [0.4, 0.5) is 4.79 Å². The summed E-state index contributed by atoms with van der Waals surface area (Å²) >= 11 is 0. The summed E-state index contributed by atoms with van der Waals surface area (Å²) in [4.78, 5) is 24.5. The first-order chi connectivity index (χ1) is 9.04. The third-order valence-corrected chi connectivity index (χ3v) is 2.78. The lowest BCUT2D eigenvalue weighted by atomic mass is 10.1. The van der Waals surface area contributed by atoms with Crippen molar-refractivity contribution in [2.24, 2.45) is 0 Å². The second kappa shape index (κ2) is 7.41. The van der Waals surface area contributed by atoms with Crippen molar-refractivity contribution in [3.05, 3.63) is 35.9 Å². The largest absolute Gasteiger partial charge is 0.480 e. The van der Waals surface area contributed by atoms with Gasteiger partial charge in [0.25, 0.3) is 0 Å². The van der Waals surface area contributed by atoms with Crippen molar-refractivity contribution in [1.29, 1.82) is 0 Å². The van der Waals surface area contributed by atoms with Crippen LogP contribution >= 0.6 is 0 Å². The number of hydrogen-bond acceptors (Lipinski definition) is 2. The first-order valence-electron chi connectivity index (χ1n) is 6.33. The van der Waals surface area contributed by atoms with Gasteiger partial charge in [-0.15, -0.1) is 0 Å². The maximum absolute atomic E-state index is 11.8. The molecule has 0 aliphatic heterocycles. The summed E-state index contributed by atoms with van der Waals surface area (Å²) in [6.45, 7) is 2.56. The van der Waals surface area contributed by atoms with Crippen molar-refractivity contribution in [3.8, 4) is 0 Å². The van der Waals surface area contributed by atoms with Crippen LogP contribution in [0.25, 0.3) is 0 Å². The molecular weight excluding hydrogens is 244 g/mol. The summed E-state index contributed by atoms with van der Waals surface area (Å²) in [6, 6.07) is 7.99. The predicted molar refractivity (Wildman–Crippen MR) is 73.0 cm³/mol. The molecule has 1 atom stereocenters. The summed E-state index contributed by atoms with van der Waals surface area (Å²) in [5.74, 6) is -1.03. The number of amides is 2. The lowest BCUT2D eigenvalue weighted by Gasteiger charge is -2.21. The average Bonchev–Trinajstić information content (AvgIpc) is 2.39. The molecule has 5 nitrogen and oxygen atoms in total. The van der Waals surface area contributed by atoms with E-state index in [4.69, 9.17) is 5.11 Å². The van der Waals surface area contributed by atoms with E-state index in [0.717, 1.165) is 12.0 Å². The maximum Gasteiger partial charge on any atom is 0.326 e. The minimum absolute atomic E-state index is 0.280. The molecule has 0 bridgehead atoms. The van der Waals surface area contributed by atoms with Crippen molar-refractivity contribution in [1.82, 2.24) is 10.2 Å². The first kappa shape index (κ1) is 15.0. The molecule has 1 rings (SSSR count). The van der Waals surface area contributed by atoms with Gasteiger partial charge in [0.05, 0.1) is 0 Å². The van der Waals surface area contributed by atoms with E-state index in [9.17, 15) is 9.59 Å². The highest BCUT2D eigenvalue weighted by Crippen LogP contribution is 2.04. The predicted octanol–water partition coefficient (Wildman–Crippen LogP) is 1.73. The fraction of sp³-hybridized carbons (Fsp3) is 0.429. The summed E-state index contributed by atoms with van der Waals surface area (Å²) in [5.41, 5.74) is 0.883. The van der Waals surface area contributed by atoms with Crippen LogP contribution in [0.2, 0.25) is 0 Å². The van der Waals surface area contributed by atoms with Crippen LogP contribution in [0.5, 0.6) is 0 Å². The van der Waals surface area contributed by atoms with Crippen molar-refractivity contribution in [2.45, 2.75) is 25.8 Å². The number of rotatable bonds is 6. The fourth-order valence-corrected chi connectivity index (χ4v) is 1.75. The number of nitrogens with zero attached hydrogens (tertiary/aromatic N) is 1. The van der Waals surface area contributed by atoms with Gasteiger partial charge in [0.2, 0.25) is 0 Å². The lowest BCUT2D eigenvalue weighted by molar-refractivity contribution is -0.139. The normalized spacial score (nSPS) is 11.7. The van der Waals surface area contributed by atoms with Gasteiger partial charge in [-0.1, -0.05) is 37.3 Å². The number of carboxylic acid groups (broad SMARTS) is 1. The lowest BCUT2D eigenvalue weighted by Crippen LogP contribution is -2.47. The number of carboxylic acids is 1. The zero-order valence-corrected chi connectivity index (χ0v) is 11.3. The summed E-state index contributed by atoms with van der Waals surface area (Å²) in [7, 11) is 1.65. The number of aliphatic carboxylic acids is 1. The minimum Gasteiger partial charge on any atom is -0.480 e. The van der Waals surface area contributed by atoms with Gasteiger partial charge in [-0.2, -0.15) is 0 Å². The Labute approximate surface area is 113 Å². The Morgan fingerprint density at radius 1 is 1.32 bits per heavy atom. The van der Waals surface area contributed by atoms with Gasteiger partial charge in [-0.3, -0.25) is 0 Å². The van der Waals surface area contributed by atoms with E-state index in [-0.39, 0.29) is 12.5 Å². The fourth-order valence-electron chi connectivity index (χ4n) is 1.75. The van der Waals surface area contributed by atoms with Gasteiger partial charge < -0.3 is 15.3 Å². The van der Waals surface area contributed by atoms with Crippen LogP contribution in [0.1, 0.15) is 18.9 Å². The maximum atomic E-state index is 11.8.